The van der Waals surface area contributed by atoms with Crippen LogP contribution in [0.4, 0.5) is 5.69 Å². The summed E-state index contributed by atoms with van der Waals surface area (Å²) in [5.41, 5.74) is 2.67. The predicted molar refractivity (Wildman–Crippen MR) is 94.6 cm³/mol. The highest BCUT2D eigenvalue weighted by molar-refractivity contribution is 7.11. The summed E-state index contributed by atoms with van der Waals surface area (Å²) in [7, 11) is 1.71. The number of aryl methyl sites for hydroxylation is 2. The second kappa shape index (κ2) is 6.49. The minimum Gasteiger partial charge on any atom is -0.497 e. The van der Waals surface area contributed by atoms with E-state index >= 15 is 0 Å². The molecule has 0 N–H and O–H groups in total. The molecule has 2 heterocycles. The molecule has 1 aliphatic heterocycles. The molecule has 0 spiro atoms. The first-order valence-electron chi connectivity index (χ1n) is 8.40. The number of thiazole rings is 1. The number of hydrogen-bond acceptors (Lipinski definition) is 5. The molecule has 122 valence electrons. The summed E-state index contributed by atoms with van der Waals surface area (Å²) in [4.78, 5) is 11.4. The van der Waals surface area contributed by atoms with Crippen LogP contribution in [0.1, 0.15) is 22.0 Å². The van der Waals surface area contributed by atoms with Crippen LogP contribution in [-0.4, -0.2) is 43.2 Å². The van der Waals surface area contributed by atoms with Crippen molar-refractivity contribution in [3.63, 3.8) is 0 Å². The van der Waals surface area contributed by atoms with Crippen LogP contribution in [0.3, 0.4) is 0 Å². The highest BCUT2D eigenvalue weighted by atomic mass is 32.1. The zero-order chi connectivity index (χ0) is 15.6. The fourth-order valence-corrected chi connectivity index (χ4v) is 4.66. The van der Waals surface area contributed by atoms with Gasteiger partial charge in [-0.1, -0.05) is 0 Å². The molecule has 0 unspecified atom stereocenters. The standard InChI is InChI=1S/C18H23N3OS/c1-22-15-7-5-14(6-8-15)21-11-9-20(10-12-21)13-18-19-16-3-2-4-17(16)23-18/h5-8H,2-4,9-13H2,1H3. The monoisotopic (exact) mass is 329 g/mol. The van der Waals surface area contributed by atoms with Gasteiger partial charge in [-0.25, -0.2) is 4.98 Å². The summed E-state index contributed by atoms with van der Waals surface area (Å²) in [6.07, 6.45) is 3.74. The number of anilines is 1. The van der Waals surface area contributed by atoms with E-state index in [1.165, 1.54) is 40.5 Å². The molecule has 2 aromatic rings. The van der Waals surface area contributed by atoms with Crippen LogP contribution >= 0.6 is 11.3 Å². The Kier molecular flexibility index (Phi) is 4.23. The third-order valence-corrected chi connectivity index (χ3v) is 5.95. The smallest absolute Gasteiger partial charge is 0.119 e. The second-order valence-corrected chi connectivity index (χ2v) is 7.46. The van der Waals surface area contributed by atoms with Gasteiger partial charge < -0.3 is 9.64 Å². The predicted octanol–water partition coefficient (Wildman–Crippen LogP) is 2.96. The Labute approximate surface area is 141 Å². The van der Waals surface area contributed by atoms with Crippen molar-refractivity contribution in [1.82, 2.24) is 9.88 Å². The SMILES string of the molecule is COc1ccc(N2CCN(Cc3nc4c(s3)CCC4)CC2)cc1. The average Bonchev–Trinajstić information content (AvgIpc) is 3.17. The summed E-state index contributed by atoms with van der Waals surface area (Å²) in [5, 5.41) is 1.31. The minimum absolute atomic E-state index is 0.921. The first-order valence-corrected chi connectivity index (χ1v) is 9.22. The lowest BCUT2D eigenvalue weighted by molar-refractivity contribution is 0.249. The zero-order valence-electron chi connectivity index (χ0n) is 13.6. The largest absolute Gasteiger partial charge is 0.497 e. The number of nitrogens with zero attached hydrogens (tertiary/aromatic N) is 3. The topological polar surface area (TPSA) is 28.6 Å². The lowest BCUT2D eigenvalue weighted by atomic mass is 10.2. The maximum atomic E-state index is 5.23. The van der Waals surface area contributed by atoms with E-state index in [1.54, 1.807) is 7.11 Å². The van der Waals surface area contributed by atoms with Gasteiger partial charge in [-0.3, -0.25) is 4.90 Å². The molecule has 0 atom stereocenters. The van der Waals surface area contributed by atoms with Gasteiger partial charge in [-0.2, -0.15) is 0 Å². The third kappa shape index (κ3) is 3.21. The van der Waals surface area contributed by atoms with E-state index in [9.17, 15) is 0 Å². The van der Waals surface area contributed by atoms with Gasteiger partial charge in [0.25, 0.3) is 0 Å². The molecule has 1 fully saturated rings. The van der Waals surface area contributed by atoms with Gasteiger partial charge in [0.05, 0.1) is 19.3 Å². The molecular formula is C18H23N3OS. The van der Waals surface area contributed by atoms with Crippen LogP contribution in [0.2, 0.25) is 0 Å². The zero-order valence-corrected chi connectivity index (χ0v) is 14.4. The van der Waals surface area contributed by atoms with Crippen molar-refractivity contribution >= 4 is 17.0 Å². The maximum absolute atomic E-state index is 5.23. The van der Waals surface area contributed by atoms with Crippen molar-refractivity contribution < 1.29 is 4.74 Å². The molecule has 1 aliphatic carbocycles. The number of ether oxygens (including phenoxy) is 1. The quantitative estimate of drug-likeness (QED) is 0.862. The van der Waals surface area contributed by atoms with Crippen LogP contribution in [0.5, 0.6) is 5.75 Å². The number of aromatic nitrogens is 1. The molecule has 0 radical (unpaired) electrons. The highest BCUT2D eigenvalue weighted by Gasteiger charge is 2.21. The maximum Gasteiger partial charge on any atom is 0.119 e. The van der Waals surface area contributed by atoms with Gasteiger partial charge in [0, 0.05) is 36.7 Å². The summed E-state index contributed by atoms with van der Waals surface area (Å²) in [5.74, 6) is 0.921. The molecule has 1 aromatic carbocycles. The van der Waals surface area contributed by atoms with Gasteiger partial charge in [0.15, 0.2) is 0 Å². The number of benzene rings is 1. The third-order valence-electron chi connectivity index (χ3n) is 4.81. The summed E-state index contributed by atoms with van der Waals surface area (Å²) in [6.45, 7) is 5.40. The van der Waals surface area contributed by atoms with Gasteiger partial charge in [0.1, 0.15) is 10.8 Å². The molecule has 23 heavy (non-hydrogen) atoms. The van der Waals surface area contributed by atoms with Crippen LogP contribution in [-0.2, 0) is 19.4 Å². The van der Waals surface area contributed by atoms with Crippen molar-refractivity contribution in [3.05, 3.63) is 39.8 Å². The number of methoxy groups -OCH3 is 1. The van der Waals surface area contributed by atoms with E-state index in [1.807, 2.05) is 23.5 Å². The fourth-order valence-electron chi connectivity index (χ4n) is 3.46. The Morgan fingerprint density at radius 2 is 1.87 bits per heavy atom. The number of piperazine rings is 1. The number of hydrogen-bond donors (Lipinski definition) is 0. The van der Waals surface area contributed by atoms with Crippen molar-refractivity contribution in [2.75, 3.05) is 38.2 Å². The fraction of sp³-hybridized carbons (Fsp3) is 0.500. The van der Waals surface area contributed by atoms with Gasteiger partial charge >= 0.3 is 0 Å². The number of fused-ring (bicyclic) bond motifs is 1. The Hall–Kier alpha value is -1.59. The van der Waals surface area contributed by atoms with Crippen molar-refractivity contribution in [1.29, 1.82) is 0 Å². The molecule has 2 aliphatic rings. The van der Waals surface area contributed by atoms with Crippen LogP contribution in [0.15, 0.2) is 24.3 Å². The van der Waals surface area contributed by atoms with Crippen molar-refractivity contribution in [2.45, 2.75) is 25.8 Å². The van der Waals surface area contributed by atoms with Crippen LogP contribution in [0, 0.1) is 0 Å². The molecule has 4 rings (SSSR count). The Morgan fingerprint density at radius 3 is 2.57 bits per heavy atom. The molecular weight excluding hydrogens is 306 g/mol. The molecule has 0 amide bonds. The minimum atomic E-state index is 0.921. The molecule has 4 nitrogen and oxygen atoms in total. The van der Waals surface area contributed by atoms with E-state index < -0.39 is 0 Å². The molecule has 0 bridgehead atoms. The van der Waals surface area contributed by atoms with E-state index in [0.29, 0.717) is 0 Å². The Morgan fingerprint density at radius 1 is 1.09 bits per heavy atom. The van der Waals surface area contributed by atoms with E-state index in [-0.39, 0.29) is 0 Å². The molecule has 1 saturated heterocycles. The molecule has 1 aromatic heterocycles. The van der Waals surface area contributed by atoms with E-state index in [4.69, 9.17) is 9.72 Å². The number of rotatable bonds is 4. The molecule has 5 heteroatoms. The van der Waals surface area contributed by atoms with Gasteiger partial charge in [-0.05, 0) is 43.5 Å². The Bertz CT molecular complexity index is 638. The van der Waals surface area contributed by atoms with Gasteiger partial charge in [0.2, 0.25) is 0 Å². The lowest BCUT2D eigenvalue weighted by Gasteiger charge is -2.35. The first kappa shape index (κ1) is 15.0. The Balaban J connectivity index is 1.33. The van der Waals surface area contributed by atoms with Crippen LogP contribution in [0.25, 0.3) is 0 Å². The van der Waals surface area contributed by atoms with E-state index in [0.717, 1.165) is 38.5 Å². The average molecular weight is 329 g/mol. The highest BCUT2D eigenvalue weighted by Crippen LogP contribution is 2.28. The first-order chi connectivity index (χ1) is 11.3. The summed E-state index contributed by atoms with van der Waals surface area (Å²) >= 11 is 1.94. The van der Waals surface area contributed by atoms with Crippen molar-refractivity contribution in [2.24, 2.45) is 0 Å². The van der Waals surface area contributed by atoms with E-state index in [2.05, 4.69) is 21.9 Å². The normalized spacial score (nSPS) is 18.2. The summed E-state index contributed by atoms with van der Waals surface area (Å²) < 4.78 is 5.23. The van der Waals surface area contributed by atoms with Crippen LogP contribution < -0.4 is 9.64 Å². The van der Waals surface area contributed by atoms with Crippen molar-refractivity contribution in [3.8, 4) is 5.75 Å². The lowest BCUT2D eigenvalue weighted by Crippen LogP contribution is -2.45. The second-order valence-electron chi connectivity index (χ2n) is 6.29. The summed E-state index contributed by atoms with van der Waals surface area (Å²) in [6, 6.07) is 8.39. The molecule has 0 saturated carbocycles. The van der Waals surface area contributed by atoms with Gasteiger partial charge in [-0.15, -0.1) is 11.3 Å².